The summed E-state index contributed by atoms with van der Waals surface area (Å²) in [4.78, 5) is 88.1. The Kier molecular flexibility index (Phi) is 16.1. The lowest BCUT2D eigenvalue weighted by Crippen LogP contribution is -2.32. The van der Waals surface area contributed by atoms with Crippen LogP contribution in [0.1, 0.15) is 109 Å². The average molecular weight is 708 g/mol. The number of fused-ring (bicyclic) bond motifs is 3. The van der Waals surface area contributed by atoms with E-state index in [2.05, 4.69) is 21.3 Å². The van der Waals surface area contributed by atoms with Crippen molar-refractivity contribution in [3.05, 3.63) is 47.5 Å². The molecular weight excluding hydrogens is 658 g/mol. The van der Waals surface area contributed by atoms with Crippen molar-refractivity contribution in [1.29, 1.82) is 0 Å². The first-order valence-corrected chi connectivity index (χ1v) is 17.6. The van der Waals surface area contributed by atoms with Crippen molar-refractivity contribution in [1.82, 2.24) is 15.7 Å². The van der Waals surface area contributed by atoms with E-state index in [-0.39, 0.29) is 55.9 Å². The number of benzene rings is 2. The average Bonchev–Trinajstić information content (AvgIpc) is 3.59. The molecule has 0 spiro atoms. The second kappa shape index (κ2) is 20.4. The van der Waals surface area contributed by atoms with Crippen LogP contribution in [-0.2, 0) is 38.3 Å². The molecule has 0 saturated carbocycles. The number of hydrogen-bond donors (Lipinski definition) is 4. The van der Waals surface area contributed by atoms with Gasteiger partial charge in [0.15, 0.2) is 0 Å². The van der Waals surface area contributed by atoms with Crippen molar-refractivity contribution < 1.29 is 43.1 Å². The smallest absolute Gasteiger partial charge is 0.432 e. The molecule has 14 heteroatoms. The van der Waals surface area contributed by atoms with Crippen LogP contribution in [0.4, 0.5) is 16.2 Å². The van der Waals surface area contributed by atoms with E-state index in [1.807, 2.05) is 45.9 Å². The molecular formula is C37H49N5O9. The number of imide groups is 1. The van der Waals surface area contributed by atoms with Crippen LogP contribution in [0.2, 0.25) is 0 Å². The van der Waals surface area contributed by atoms with Crippen molar-refractivity contribution >= 4 is 53.0 Å². The van der Waals surface area contributed by atoms with Crippen LogP contribution in [0.25, 0.3) is 11.1 Å². The van der Waals surface area contributed by atoms with E-state index in [1.165, 1.54) is 0 Å². The molecule has 1 fully saturated rings. The molecule has 0 aromatic heterocycles. The zero-order valence-corrected chi connectivity index (χ0v) is 29.9. The van der Waals surface area contributed by atoms with E-state index in [0.717, 1.165) is 41.6 Å². The van der Waals surface area contributed by atoms with Gasteiger partial charge in [-0.25, -0.2) is 4.79 Å². The number of carbonyl (C=O) groups is 7. The molecule has 2 aromatic rings. The van der Waals surface area contributed by atoms with Crippen molar-refractivity contribution in [2.24, 2.45) is 0 Å². The van der Waals surface area contributed by atoms with Gasteiger partial charge >= 0.3 is 6.16 Å². The van der Waals surface area contributed by atoms with Crippen LogP contribution in [0.3, 0.4) is 0 Å². The van der Waals surface area contributed by atoms with Crippen molar-refractivity contribution in [2.45, 2.75) is 97.8 Å². The lowest BCUT2D eigenvalue weighted by Gasteiger charge is -2.17. The molecule has 1 saturated heterocycles. The van der Waals surface area contributed by atoms with Gasteiger partial charge in [-0.05, 0) is 72.2 Å². The van der Waals surface area contributed by atoms with E-state index >= 15 is 0 Å². The van der Waals surface area contributed by atoms with Gasteiger partial charge in [-0.2, -0.15) is 0 Å². The Bertz CT molecular complexity index is 1580. The zero-order chi connectivity index (χ0) is 37.3. The summed E-state index contributed by atoms with van der Waals surface area (Å²) in [6.45, 7) is 9.00. The van der Waals surface area contributed by atoms with Crippen molar-refractivity contribution in [3.63, 3.8) is 0 Å². The molecule has 2 aliphatic rings. The van der Waals surface area contributed by atoms with Gasteiger partial charge < -0.3 is 26.0 Å². The molecule has 1 heterocycles. The van der Waals surface area contributed by atoms with Crippen LogP contribution in [0, 0.1) is 0 Å². The number of amides is 6. The first kappa shape index (κ1) is 40.2. The summed E-state index contributed by atoms with van der Waals surface area (Å²) in [5, 5.41) is 11.7. The van der Waals surface area contributed by atoms with Gasteiger partial charge in [-0.1, -0.05) is 44.9 Å². The summed E-state index contributed by atoms with van der Waals surface area (Å²) in [7, 11) is 0. The van der Waals surface area contributed by atoms with Gasteiger partial charge in [0.25, 0.3) is 11.8 Å². The largest absolute Gasteiger partial charge is 0.533 e. The standard InChI is InChI=1S/C31H36N4O8.C6H13NO/c1-3-6-27(37)33-19-9-11-21-22-12-10-20(34-28(38)8-5-7-26(36)32-15-4-2)17-24(22)25(23(21)16-19)18-42-31(41)43-35-29(39)13-14-30(35)40;1-3-5-7-6(8)4-2/h9-12,16-17,25H,3-8,13-15,18H2,1-2H3,(H,32,36)(H,33,37)(H,34,38);3-5H2,1-2H3,(H,7,8). The summed E-state index contributed by atoms with van der Waals surface area (Å²) in [5.41, 5.74) is 4.40. The minimum absolute atomic E-state index is 0.0391. The Morgan fingerprint density at radius 2 is 1.20 bits per heavy atom. The summed E-state index contributed by atoms with van der Waals surface area (Å²) < 4.78 is 5.36. The summed E-state index contributed by atoms with van der Waals surface area (Å²) in [5.74, 6) is -2.04. The Hall–Kier alpha value is -5.27. The molecule has 4 rings (SSSR count). The normalized spacial score (nSPS) is 14.0. The van der Waals surface area contributed by atoms with Crippen LogP contribution in [0.15, 0.2) is 36.4 Å². The molecule has 276 valence electrons. The van der Waals surface area contributed by atoms with Gasteiger partial charge in [0.1, 0.15) is 6.61 Å². The minimum Gasteiger partial charge on any atom is -0.432 e. The number of hydrogen-bond acceptors (Lipinski definition) is 9. The molecule has 0 radical (unpaired) electrons. The highest BCUT2D eigenvalue weighted by Crippen LogP contribution is 2.47. The monoisotopic (exact) mass is 707 g/mol. The van der Waals surface area contributed by atoms with E-state index in [1.54, 1.807) is 18.2 Å². The van der Waals surface area contributed by atoms with E-state index in [4.69, 9.17) is 9.57 Å². The number of nitrogens with one attached hydrogen (secondary N) is 4. The van der Waals surface area contributed by atoms with E-state index in [9.17, 15) is 33.6 Å². The van der Waals surface area contributed by atoms with Gasteiger partial charge in [0.2, 0.25) is 23.6 Å². The first-order chi connectivity index (χ1) is 24.5. The maximum Gasteiger partial charge on any atom is 0.533 e. The number of ether oxygens (including phenoxy) is 1. The van der Waals surface area contributed by atoms with Gasteiger partial charge in [-0.15, -0.1) is 0 Å². The fourth-order valence-electron chi connectivity index (χ4n) is 5.43. The fraction of sp³-hybridized carbons (Fsp3) is 0.486. The molecule has 1 atom stereocenters. The number of rotatable bonds is 16. The van der Waals surface area contributed by atoms with Gasteiger partial charge in [0.05, 0.1) is 0 Å². The lowest BCUT2D eigenvalue weighted by atomic mass is 9.97. The number of nitrogens with zero attached hydrogens (tertiary/aromatic N) is 1. The van der Waals surface area contributed by atoms with E-state index < -0.39 is 23.9 Å². The summed E-state index contributed by atoms with van der Waals surface area (Å²) >= 11 is 0. The second-order valence-corrected chi connectivity index (χ2v) is 12.1. The fourth-order valence-corrected chi connectivity index (χ4v) is 5.43. The highest BCUT2D eigenvalue weighted by atomic mass is 16.8. The molecule has 14 nitrogen and oxygen atoms in total. The zero-order valence-electron chi connectivity index (χ0n) is 29.9. The molecule has 4 N–H and O–H groups in total. The highest BCUT2D eigenvalue weighted by molar-refractivity contribution is 6.01. The summed E-state index contributed by atoms with van der Waals surface area (Å²) in [6, 6.07) is 10.9. The number of hydroxylamine groups is 2. The third kappa shape index (κ3) is 12.2. The number of carbonyl (C=O) groups excluding carboxylic acids is 7. The molecule has 1 aliphatic heterocycles. The second-order valence-electron chi connectivity index (χ2n) is 12.1. The Balaban J connectivity index is 0.000000783. The predicted molar refractivity (Wildman–Crippen MR) is 190 cm³/mol. The van der Waals surface area contributed by atoms with Crippen molar-refractivity contribution in [2.75, 3.05) is 30.3 Å². The maximum atomic E-state index is 12.6. The minimum atomic E-state index is -1.20. The SMILES string of the molecule is CCCNC(=O)CC.CCCNC(=O)CCCC(=O)Nc1ccc2c(c1)C(COC(=O)ON1C(=O)CCC1=O)c1cc(NC(=O)CCC)ccc1-2. The molecule has 2 aromatic carbocycles. The third-order valence-electron chi connectivity index (χ3n) is 8.00. The van der Waals surface area contributed by atoms with Gasteiger partial charge in [0, 0.05) is 68.9 Å². The van der Waals surface area contributed by atoms with Crippen molar-refractivity contribution in [3.8, 4) is 11.1 Å². The molecule has 51 heavy (non-hydrogen) atoms. The quantitative estimate of drug-likeness (QED) is 0.132. The van der Waals surface area contributed by atoms with Gasteiger partial charge in [-0.3, -0.25) is 33.6 Å². The molecule has 1 unspecified atom stereocenters. The predicted octanol–water partition coefficient (Wildman–Crippen LogP) is 5.31. The van der Waals surface area contributed by atoms with Crippen LogP contribution in [-0.4, -0.2) is 66.4 Å². The van der Waals surface area contributed by atoms with Crippen LogP contribution >= 0.6 is 0 Å². The topological polar surface area (TPSA) is 189 Å². The molecule has 1 aliphatic carbocycles. The highest BCUT2D eigenvalue weighted by Gasteiger charge is 2.35. The molecule has 0 bridgehead atoms. The lowest BCUT2D eigenvalue weighted by molar-refractivity contribution is -0.177. The number of anilines is 2. The van der Waals surface area contributed by atoms with Crippen LogP contribution in [0.5, 0.6) is 0 Å². The Labute approximate surface area is 298 Å². The van der Waals surface area contributed by atoms with Crippen LogP contribution < -0.4 is 21.3 Å². The Morgan fingerprint density at radius 3 is 1.71 bits per heavy atom. The first-order valence-electron chi connectivity index (χ1n) is 17.6. The maximum absolute atomic E-state index is 12.6. The molecule has 6 amide bonds. The Morgan fingerprint density at radius 1 is 0.686 bits per heavy atom. The third-order valence-corrected chi connectivity index (χ3v) is 8.00. The van der Waals surface area contributed by atoms with E-state index in [0.29, 0.717) is 48.7 Å². The summed E-state index contributed by atoms with van der Waals surface area (Å²) in [6.07, 6.45) is 3.09.